The highest BCUT2D eigenvalue weighted by Crippen LogP contribution is 2.10. The number of benzene rings is 1. The summed E-state index contributed by atoms with van der Waals surface area (Å²) in [5.41, 5.74) is 2.10. The predicted octanol–water partition coefficient (Wildman–Crippen LogP) is 3.38. The van der Waals surface area contributed by atoms with Gasteiger partial charge in [-0.3, -0.25) is 0 Å². The van der Waals surface area contributed by atoms with Crippen LogP contribution in [0.25, 0.3) is 0 Å². The van der Waals surface area contributed by atoms with Gasteiger partial charge in [0, 0.05) is 6.08 Å². The Hall–Kier alpha value is -1.77. The molecular weight excluding hydrogens is 216 g/mol. The molecule has 0 saturated carbocycles. The molecule has 0 saturated heterocycles. The Morgan fingerprint density at radius 1 is 1.24 bits per heavy atom. The van der Waals surface area contributed by atoms with Crippen LogP contribution >= 0.6 is 0 Å². The lowest BCUT2D eigenvalue weighted by molar-refractivity contribution is -0.131. The first-order valence-corrected chi connectivity index (χ1v) is 5.61. The second-order valence-corrected chi connectivity index (χ2v) is 3.98. The van der Waals surface area contributed by atoms with Gasteiger partial charge in [0.15, 0.2) is 0 Å². The minimum Gasteiger partial charge on any atom is -0.508 e. The first-order chi connectivity index (χ1) is 7.95. The van der Waals surface area contributed by atoms with Crippen molar-refractivity contribution >= 4 is 5.97 Å². The van der Waals surface area contributed by atoms with Gasteiger partial charge in [-0.1, -0.05) is 31.1 Å². The smallest absolute Gasteiger partial charge is 0.328 e. The van der Waals surface area contributed by atoms with Gasteiger partial charge in [-0.25, -0.2) is 4.79 Å². The second kappa shape index (κ2) is 8.39. The van der Waals surface area contributed by atoms with Crippen molar-refractivity contribution in [2.45, 2.75) is 33.6 Å². The highest BCUT2D eigenvalue weighted by atomic mass is 16.4. The molecule has 1 aromatic carbocycles. The molecule has 0 amide bonds. The van der Waals surface area contributed by atoms with Gasteiger partial charge >= 0.3 is 5.97 Å². The van der Waals surface area contributed by atoms with Crippen molar-refractivity contribution in [1.29, 1.82) is 0 Å². The van der Waals surface area contributed by atoms with E-state index in [1.54, 1.807) is 26.0 Å². The second-order valence-electron chi connectivity index (χ2n) is 3.98. The fourth-order valence-electron chi connectivity index (χ4n) is 1.20. The summed E-state index contributed by atoms with van der Waals surface area (Å²) in [6, 6.07) is 7.37. The first kappa shape index (κ1) is 15.2. The van der Waals surface area contributed by atoms with Crippen LogP contribution in [0.5, 0.6) is 5.75 Å². The molecule has 1 rings (SSSR count). The Morgan fingerprint density at radius 2 is 1.76 bits per heavy atom. The zero-order valence-corrected chi connectivity index (χ0v) is 10.6. The maximum atomic E-state index is 9.73. The predicted molar refractivity (Wildman–Crippen MR) is 69.2 cm³/mol. The van der Waals surface area contributed by atoms with Gasteiger partial charge < -0.3 is 10.2 Å². The van der Waals surface area contributed by atoms with E-state index in [0.717, 1.165) is 18.4 Å². The largest absolute Gasteiger partial charge is 0.508 e. The lowest BCUT2D eigenvalue weighted by Gasteiger charge is -1.96. The molecule has 0 aliphatic heterocycles. The van der Waals surface area contributed by atoms with Gasteiger partial charge in [-0.15, -0.1) is 0 Å². The molecule has 0 aliphatic rings. The first-order valence-electron chi connectivity index (χ1n) is 5.61. The van der Waals surface area contributed by atoms with Crippen molar-refractivity contribution < 1.29 is 15.0 Å². The molecule has 17 heavy (non-hydrogen) atoms. The zero-order chi connectivity index (χ0) is 13.3. The van der Waals surface area contributed by atoms with E-state index in [1.165, 1.54) is 11.6 Å². The van der Waals surface area contributed by atoms with Crippen LogP contribution in [0.1, 0.15) is 32.8 Å². The van der Waals surface area contributed by atoms with E-state index >= 15 is 0 Å². The number of carboxylic acids is 1. The third kappa shape index (κ3) is 9.18. The van der Waals surface area contributed by atoms with Gasteiger partial charge in [0.05, 0.1) is 0 Å². The third-order valence-corrected chi connectivity index (χ3v) is 1.89. The molecule has 3 heteroatoms. The topological polar surface area (TPSA) is 57.5 Å². The van der Waals surface area contributed by atoms with E-state index in [0.29, 0.717) is 5.75 Å². The highest BCUT2D eigenvalue weighted by molar-refractivity contribution is 5.80. The minimum absolute atomic E-state index is 0.347. The van der Waals surface area contributed by atoms with Crippen LogP contribution in [0, 0.1) is 0 Å². The molecule has 2 N–H and O–H groups in total. The van der Waals surface area contributed by atoms with Crippen molar-refractivity contribution in [3.63, 3.8) is 0 Å². The molecule has 0 heterocycles. The summed E-state index contributed by atoms with van der Waals surface area (Å²) >= 11 is 0. The van der Waals surface area contributed by atoms with Gasteiger partial charge in [0.1, 0.15) is 5.75 Å². The van der Waals surface area contributed by atoms with Crippen molar-refractivity contribution in [2.24, 2.45) is 0 Å². The molecular formula is C14H20O3. The van der Waals surface area contributed by atoms with Gasteiger partial charge in [0.2, 0.25) is 0 Å². The number of phenols is 1. The maximum Gasteiger partial charge on any atom is 0.328 e. The summed E-state index contributed by atoms with van der Waals surface area (Å²) in [7, 11) is 0. The Kier molecular flexibility index (Phi) is 7.52. The van der Waals surface area contributed by atoms with Crippen molar-refractivity contribution in [3.8, 4) is 5.75 Å². The van der Waals surface area contributed by atoms with Crippen LogP contribution in [-0.4, -0.2) is 16.2 Å². The third-order valence-electron chi connectivity index (χ3n) is 1.89. The molecule has 1 aromatic rings. The van der Waals surface area contributed by atoms with Gasteiger partial charge in [-0.2, -0.15) is 0 Å². The minimum atomic E-state index is -0.875. The highest BCUT2D eigenvalue weighted by Gasteiger charge is 1.89. The monoisotopic (exact) mass is 236 g/mol. The summed E-state index contributed by atoms with van der Waals surface area (Å²) in [6.07, 6.45) is 3.42. The number of phenolic OH excluding ortho intramolecular Hbond substituents is 1. The molecule has 0 aliphatic carbocycles. The quantitative estimate of drug-likeness (QED) is 0.791. The molecule has 94 valence electrons. The number of aromatic hydroxyl groups is 1. The lowest BCUT2D eigenvalue weighted by Crippen LogP contribution is -1.86. The number of hydrogen-bond acceptors (Lipinski definition) is 2. The van der Waals surface area contributed by atoms with Crippen LogP contribution in [0.3, 0.4) is 0 Å². The van der Waals surface area contributed by atoms with E-state index in [4.69, 9.17) is 10.2 Å². The van der Waals surface area contributed by atoms with Crippen LogP contribution in [0.4, 0.5) is 0 Å². The van der Waals surface area contributed by atoms with E-state index in [9.17, 15) is 4.79 Å². The summed E-state index contributed by atoms with van der Waals surface area (Å²) in [6.45, 7) is 5.63. The molecule has 0 aromatic heterocycles. The number of rotatable bonds is 3. The normalized spacial score (nSPS) is 8.88. The molecule has 0 spiro atoms. The Labute approximate surface area is 102 Å². The SMILES string of the molecule is CC(C)=CC(=O)O.CCCc1ccc(O)cc1. The van der Waals surface area contributed by atoms with Crippen LogP contribution in [0.15, 0.2) is 35.9 Å². The summed E-state index contributed by atoms with van der Waals surface area (Å²) in [5, 5.41) is 16.9. The molecule has 0 radical (unpaired) electrons. The van der Waals surface area contributed by atoms with E-state index in [2.05, 4.69) is 6.92 Å². The summed E-state index contributed by atoms with van der Waals surface area (Å²) in [5.74, 6) is -0.528. The van der Waals surface area contributed by atoms with Crippen molar-refractivity contribution in [1.82, 2.24) is 0 Å². The summed E-state index contributed by atoms with van der Waals surface area (Å²) in [4.78, 5) is 9.73. The number of aryl methyl sites for hydroxylation is 1. The van der Waals surface area contributed by atoms with Crippen molar-refractivity contribution in [3.05, 3.63) is 41.5 Å². The standard InChI is InChI=1S/C9H12O.C5H8O2/c1-2-3-8-4-6-9(10)7-5-8;1-4(2)3-5(6)7/h4-7,10H,2-3H2,1H3;3H,1-2H3,(H,6,7). The van der Waals surface area contributed by atoms with E-state index in [1.807, 2.05) is 12.1 Å². The Balaban J connectivity index is 0.000000325. The number of aliphatic carboxylic acids is 1. The van der Waals surface area contributed by atoms with Crippen LogP contribution in [0.2, 0.25) is 0 Å². The lowest BCUT2D eigenvalue weighted by atomic mass is 10.1. The average molecular weight is 236 g/mol. The Bertz CT molecular complexity index is 360. The molecule has 0 atom stereocenters. The number of carbonyl (C=O) groups is 1. The Morgan fingerprint density at radius 3 is 2.06 bits per heavy atom. The van der Waals surface area contributed by atoms with Gasteiger partial charge in [0.25, 0.3) is 0 Å². The van der Waals surface area contributed by atoms with Crippen LogP contribution in [-0.2, 0) is 11.2 Å². The van der Waals surface area contributed by atoms with Crippen molar-refractivity contribution in [2.75, 3.05) is 0 Å². The molecule has 3 nitrogen and oxygen atoms in total. The zero-order valence-electron chi connectivity index (χ0n) is 10.6. The number of hydrogen-bond donors (Lipinski definition) is 2. The van der Waals surface area contributed by atoms with Gasteiger partial charge in [-0.05, 0) is 38.0 Å². The molecule has 0 fully saturated rings. The number of carboxylic acid groups (broad SMARTS) is 1. The van der Waals surface area contributed by atoms with Crippen LogP contribution < -0.4 is 0 Å². The fourth-order valence-corrected chi connectivity index (χ4v) is 1.20. The van der Waals surface area contributed by atoms with E-state index < -0.39 is 5.97 Å². The van der Waals surface area contributed by atoms with E-state index in [-0.39, 0.29) is 0 Å². The summed E-state index contributed by atoms with van der Waals surface area (Å²) < 4.78 is 0. The molecule has 0 unspecified atom stereocenters. The fraction of sp³-hybridized carbons (Fsp3) is 0.357. The average Bonchev–Trinajstić information content (AvgIpc) is 2.20. The number of allylic oxidation sites excluding steroid dienone is 1. The molecule has 0 bridgehead atoms. The maximum absolute atomic E-state index is 9.73.